The number of anilines is 1. The maximum atomic E-state index is 14.4. The Kier molecular flexibility index (Phi) is 6.26. The van der Waals surface area contributed by atoms with E-state index in [1.54, 1.807) is 0 Å². The van der Waals surface area contributed by atoms with Crippen LogP contribution in [-0.4, -0.2) is 36.1 Å². The normalized spacial score (nSPS) is 21.0. The average Bonchev–Trinajstić information content (AvgIpc) is 3.16. The number of amides is 2. The van der Waals surface area contributed by atoms with Gasteiger partial charge < -0.3 is 20.5 Å². The summed E-state index contributed by atoms with van der Waals surface area (Å²) in [7, 11) is 1.25. The first-order chi connectivity index (χ1) is 14.5. The minimum absolute atomic E-state index is 0.00321. The maximum absolute atomic E-state index is 14.4. The third kappa shape index (κ3) is 4.66. The van der Waals surface area contributed by atoms with Gasteiger partial charge in [-0.1, -0.05) is 26.8 Å². The highest BCUT2D eigenvalue weighted by Gasteiger charge is 2.46. The van der Waals surface area contributed by atoms with Gasteiger partial charge in [0.05, 0.1) is 13.2 Å². The van der Waals surface area contributed by atoms with Gasteiger partial charge in [0, 0.05) is 23.4 Å². The van der Waals surface area contributed by atoms with Crippen molar-refractivity contribution in [3.63, 3.8) is 0 Å². The second kappa shape index (κ2) is 8.58. The molecular formula is C22H25F2N3O4. The number of nitrogens with zero attached hydrogens (tertiary/aromatic N) is 1. The first kappa shape index (κ1) is 22.6. The highest BCUT2D eigenvalue weighted by Crippen LogP contribution is 2.45. The maximum Gasteiger partial charge on any atom is 0.267 e. The molecule has 9 heteroatoms. The summed E-state index contributed by atoms with van der Waals surface area (Å²) in [4.78, 5) is 28.3. The number of pyridine rings is 1. The Labute approximate surface area is 178 Å². The molecule has 1 fully saturated rings. The third-order valence-electron chi connectivity index (χ3n) is 5.33. The van der Waals surface area contributed by atoms with E-state index < -0.39 is 35.5 Å². The van der Waals surface area contributed by atoms with Crippen molar-refractivity contribution >= 4 is 17.5 Å². The quantitative estimate of drug-likeness (QED) is 0.752. The van der Waals surface area contributed by atoms with Crippen molar-refractivity contribution in [1.82, 2.24) is 4.98 Å². The number of methoxy groups -OCH3 is 1. The largest absolute Gasteiger partial charge is 0.493 e. The minimum Gasteiger partial charge on any atom is -0.493 e. The van der Waals surface area contributed by atoms with Gasteiger partial charge >= 0.3 is 0 Å². The van der Waals surface area contributed by atoms with Crippen molar-refractivity contribution in [2.45, 2.75) is 45.3 Å². The van der Waals surface area contributed by atoms with Crippen LogP contribution < -0.4 is 15.8 Å². The fourth-order valence-corrected chi connectivity index (χ4v) is 3.68. The summed E-state index contributed by atoms with van der Waals surface area (Å²) in [5.74, 6) is -4.20. The molecule has 2 aromatic rings. The molecule has 2 amide bonds. The second-order valence-corrected chi connectivity index (χ2v) is 8.52. The van der Waals surface area contributed by atoms with E-state index in [1.807, 2.05) is 20.8 Å². The zero-order valence-corrected chi connectivity index (χ0v) is 17.7. The summed E-state index contributed by atoms with van der Waals surface area (Å²) in [6, 6.07) is 5.28. The number of rotatable bonds is 5. The van der Waals surface area contributed by atoms with Crippen molar-refractivity contribution in [2.75, 3.05) is 12.4 Å². The van der Waals surface area contributed by atoms with E-state index >= 15 is 0 Å². The zero-order valence-electron chi connectivity index (χ0n) is 17.7. The SMILES string of the molecule is COc1c([C@H]2C[C@H](C(C)(C)C)O[C@H]2C(=O)Nc2ccnc(C(N)=O)c2)ccc(F)c1F. The van der Waals surface area contributed by atoms with E-state index in [-0.39, 0.29) is 23.0 Å². The monoisotopic (exact) mass is 433 g/mol. The van der Waals surface area contributed by atoms with Crippen molar-refractivity contribution in [2.24, 2.45) is 11.1 Å². The number of ether oxygens (including phenoxy) is 2. The molecule has 31 heavy (non-hydrogen) atoms. The molecule has 0 saturated carbocycles. The summed E-state index contributed by atoms with van der Waals surface area (Å²) in [5.41, 5.74) is 5.60. The summed E-state index contributed by atoms with van der Waals surface area (Å²) in [6.45, 7) is 5.92. The second-order valence-electron chi connectivity index (χ2n) is 8.52. The van der Waals surface area contributed by atoms with Crippen LogP contribution in [0.4, 0.5) is 14.5 Å². The number of aromatic nitrogens is 1. The molecule has 1 aliphatic heterocycles. The third-order valence-corrected chi connectivity index (χ3v) is 5.33. The van der Waals surface area contributed by atoms with Gasteiger partial charge in [-0.05, 0) is 30.0 Å². The number of carbonyl (C=O) groups excluding carboxylic acids is 2. The van der Waals surface area contributed by atoms with Gasteiger partial charge in [-0.15, -0.1) is 0 Å². The molecule has 1 saturated heterocycles. The van der Waals surface area contributed by atoms with E-state index in [0.29, 0.717) is 17.7 Å². The fraction of sp³-hybridized carbons (Fsp3) is 0.409. The lowest BCUT2D eigenvalue weighted by Crippen LogP contribution is -2.34. The molecule has 3 atom stereocenters. The molecular weight excluding hydrogens is 408 g/mol. The molecule has 2 heterocycles. The number of primary amides is 1. The zero-order chi connectivity index (χ0) is 22.9. The fourth-order valence-electron chi connectivity index (χ4n) is 3.68. The van der Waals surface area contributed by atoms with Crippen LogP contribution in [0.25, 0.3) is 0 Å². The van der Waals surface area contributed by atoms with Crippen molar-refractivity contribution < 1.29 is 27.8 Å². The van der Waals surface area contributed by atoms with Gasteiger partial charge in [-0.2, -0.15) is 4.39 Å². The summed E-state index contributed by atoms with van der Waals surface area (Å²) >= 11 is 0. The molecule has 0 radical (unpaired) electrons. The van der Waals surface area contributed by atoms with Crippen molar-refractivity contribution in [3.8, 4) is 5.75 Å². The van der Waals surface area contributed by atoms with Crippen LogP contribution in [0, 0.1) is 17.0 Å². The summed E-state index contributed by atoms with van der Waals surface area (Å²) < 4.78 is 39.3. The summed E-state index contributed by atoms with van der Waals surface area (Å²) in [5, 5.41) is 2.69. The van der Waals surface area contributed by atoms with Crippen LogP contribution in [0.15, 0.2) is 30.5 Å². The van der Waals surface area contributed by atoms with E-state index in [2.05, 4.69) is 10.3 Å². The molecule has 1 aromatic heterocycles. The average molecular weight is 433 g/mol. The van der Waals surface area contributed by atoms with Gasteiger partial charge in [0.1, 0.15) is 11.8 Å². The van der Waals surface area contributed by atoms with E-state index in [4.69, 9.17) is 15.2 Å². The van der Waals surface area contributed by atoms with Gasteiger partial charge in [-0.25, -0.2) is 4.39 Å². The van der Waals surface area contributed by atoms with Crippen LogP contribution >= 0.6 is 0 Å². The molecule has 0 spiro atoms. The van der Waals surface area contributed by atoms with E-state index in [9.17, 15) is 18.4 Å². The predicted molar refractivity (Wildman–Crippen MR) is 110 cm³/mol. The Morgan fingerprint density at radius 3 is 2.58 bits per heavy atom. The molecule has 166 valence electrons. The lowest BCUT2D eigenvalue weighted by molar-refractivity contribution is -0.129. The van der Waals surface area contributed by atoms with Crippen molar-refractivity contribution in [3.05, 3.63) is 53.4 Å². The molecule has 0 aliphatic carbocycles. The number of halogens is 2. The minimum atomic E-state index is -1.11. The van der Waals surface area contributed by atoms with E-state index in [0.717, 1.165) is 6.07 Å². The van der Waals surface area contributed by atoms with Gasteiger partial charge in [0.2, 0.25) is 5.82 Å². The molecule has 3 N–H and O–H groups in total. The van der Waals surface area contributed by atoms with Crippen LogP contribution in [0.5, 0.6) is 5.75 Å². The number of nitrogens with one attached hydrogen (secondary N) is 1. The van der Waals surface area contributed by atoms with Crippen molar-refractivity contribution in [1.29, 1.82) is 0 Å². The molecule has 0 unspecified atom stereocenters. The Morgan fingerprint density at radius 1 is 1.26 bits per heavy atom. The number of nitrogens with two attached hydrogens (primary N) is 1. The van der Waals surface area contributed by atoms with Gasteiger partial charge in [0.15, 0.2) is 11.6 Å². The summed E-state index contributed by atoms with van der Waals surface area (Å²) in [6.07, 6.45) is 0.447. The van der Waals surface area contributed by atoms with Crippen LogP contribution in [-0.2, 0) is 9.53 Å². The van der Waals surface area contributed by atoms with Crippen LogP contribution in [0.3, 0.4) is 0 Å². The van der Waals surface area contributed by atoms with Gasteiger partial charge in [0.25, 0.3) is 11.8 Å². The first-order valence-electron chi connectivity index (χ1n) is 9.77. The Hall–Kier alpha value is -3.07. The Morgan fingerprint density at radius 2 is 1.97 bits per heavy atom. The molecule has 1 aliphatic rings. The van der Waals surface area contributed by atoms with Crippen LogP contribution in [0.1, 0.15) is 49.2 Å². The predicted octanol–water partition coefficient (Wildman–Crippen LogP) is 3.39. The van der Waals surface area contributed by atoms with Crippen LogP contribution in [0.2, 0.25) is 0 Å². The topological polar surface area (TPSA) is 104 Å². The van der Waals surface area contributed by atoms with Gasteiger partial charge in [-0.3, -0.25) is 14.6 Å². The first-order valence-corrected chi connectivity index (χ1v) is 9.77. The lowest BCUT2D eigenvalue weighted by Gasteiger charge is -2.26. The molecule has 3 rings (SSSR count). The number of hydrogen-bond acceptors (Lipinski definition) is 5. The standard InChI is InChI=1S/C22H25F2N3O4/c1-22(2,3)16-10-13(12-5-6-14(23)17(24)18(12)30-4)19(31-16)21(29)27-11-7-8-26-15(9-11)20(25)28/h5-9,13,16,19H,10H2,1-4H3,(H2,25,28)(H,26,27,29)/t13-,16-,19-/m1/s1. The number of carbonyl (C=O) groups is 2. The number of hydrogen-bond donors (Lipinski definition) is 2. The molecule has 7 nitrogen and oxygen atoms in total. The van der Waals surface area contributed by atoms with E-state index in [1.165, 1.54) is 31.5 Å². The molecule has 1 aromatic carbocycles. The highest BCUT2D eigenvalue weighted by molar-refractivity contribution is 5.97. The Balaban J connectivity index is 1.96. The molecule has 0 bridgehead atoms. The smallest absolute Gasteiger partial charge is 0.267 e. The number of benzene rings is 1. The Bertz CT molecular complexity index is 1010. The highest BCUT2D eigenvalue weighted by atomic mass is 19.2. The lowest BCUT2D eigenvalue weighted by atomic mass is 9.82.